The predicted octanol–water partition coefficient (Wildman–Crippen LogP) is 4.76. The summed E-state index contributed by atoms with van der Waals surface area (Å²) in [5.74, 6) is -0.447. The van der Waals surface area contributed by atoms with Crippen molar-refractivity contribution >= 4 is 51.3 Å². The number of nitro benzene ring substituents is 1. The van der Waals surface area contributed by atoms with Crippen LogP contribution in [0, 0.1) is 10.1 Å². The van der Waals surface area contributed by atoms with Crippen LogP contribution in [-0.2, 0) is 4.79 Å². The van der Waals surface area contributed by atoms with E-state index in [4.69, 9.17) is 21.1 Å². The summed E-state index contributed by atoms with van der Waals surface area (Å²) in [5.41, 5.74) is 2.93. The molecule has 0 bridgehead atoms. The van der Waals surface area contributed by atoms with Crippen molar-refractivity contribution in [3.63, 3.8) is 0 Å². The van der Waals surface area contributed by atoms with Crippen molar-refractivity contribution in [2.75, 3.05) is 6.61 Å². The highest BCUT2D eigenvalue weighted by atomic mass is 79.9. The topological polar surface area (TPSA) is 120 Å². The van der Waals surface area contributed by atoms with E-state index >= 15 is 0 Å². The quantitative estimate of drug-likeness (QED) is 0.147. The highest BCUT2D eigenvalue weighted by Crippen LogP contribution is 2.27. The van der Waals surface area contributed by atoms with E-state index in [1.807, 2.05) is 0 Å². The lowest BCUT2D eigenvalue weighted by Crippen LogP contribution is -2.24. The Morgan fingerprint density at radius 3 is 2.58 bits per heavy atom. The van der Waals surface area contributed by atoms with Gasteiger partial charge in [-0.05, 0) is 64.0 Å². The second-order valence-electron chi connectivity index (χ2n) is 6.42. The number of rotatable bonds is 8. The van der Waals surface area contributed by atoms with Crippen LogP contribution in [0.4, 0.5) is 5.69 Å². The number of hydrogen-bond donors (Lipinski definition) is 1. The lowest BCUT2D eigenvalue weighted by atomic mass is 10.2. The van der Waals surface area contributed by atoms with E-state index in [1.54, 1.807) is 42.5 Å². The summed E-state index contributed by atoms with van der Waals surface area (Å²) in [5, 5.41) is 15.1. The zero-order valence-electron chi connectivity index (χ0n) is 16.7. The molecule has 9 nitrogen and oxygen atoms in total. The highest BCUT2D eigenvalue weighted by Gasteiger charge is 2.12. The molecule has 0 heterocycles. The fourth-order valence-electron chi connectivity index (χ4n) is 2.49. The predicted molar refractivity (Wildman–Crippen MR) is 125 cm³/mol. The van der Waals surface area contributed by atoms with E-state index < -0.39 is 16.8 Å². The fourth-order valence-corrected chi connectivity index (χ4v) is 3.29. The molecule has 3 aromatic carbocycles. The van der Waals surface area contributed by atoms with Gasteiger partial charge in [-0.2, -0.15) is 5.10 Å². The number of halogens is 2. The molecule has 0 unspecified atom stereocenters. The van der Waals surface area contributed by atoms with Crippen LogP contribution in [0.1, 0.15) is 15.9 Å². The number of hydrogen-bond acceptors (Lipinski definition) is 7. The lowest BCUT2D eigenvalue weighted by molar-refractivity contribution is -0.384. The maximum atomic E-state index is 12.2. The number of esters is 1. The van der Waals surface area contributed by atoms with Gasteiger partial charge in [0.15, 0.2) is 6.61 Å². The Bertz CT molecular complexity index is 1220. The first-order valence-corrected chi connectivity index (χ1v) is 10.5. The highest BCUT2D eigenvalue weighted by molar-refractivity contribution is 9.10. The van der Waals surface area contributed by atoms with Crippen molar-refractivity contribution in [1.82, 2.24) is 5.43 Å². The molecule has 11 heteroatoms. The summed E-state index contributed by atoms with van der Waals surface area (Å²) < 4.78 is 11.3. The Morgan fingerprint density at radius 1 is 1.12 bits per heavy atom. The van der Waals surface area contributed by atoms with Gasteiger partial charge in [-0.25, -0.2) is 10.2 Å². The number of benzene rings is 3. The molecular weight excluding hydrogens is 518 g/mol. The zero-order chi connectivity index (χ0) is 23.8. The van der Waals surface area contributed by atoms with Crippen LogP contribution in [0.25, 0.3) is 0 Å². The van der Waals surface area contributed by atoms with E-state index in [2.05, 4.69) is 26.5 Å². The number of nitro groups is 1. The average Bonchev–Trinajstić information content (AvgIpc) is 2.79. The molecule has 0 radical (unpaired) electrons. The fraction of sp³-hybridized carbons (Fsp3) is 0.0455. The van der Waals surface area contributed by atoms with Gasteiger partial charge in [0.2, 0.25) is 0 Å². The third-order valence-corrected chi connectivity index (χ3v) is 4.89. The van der Waals surface area contributed by atoms with E-state index in [1.165, 1.54) is 30.5 Å². The Labute approximate surface area is 201 Å². The van der Waals surface area contributed by atoms with Gasteiger partial charge in [0, 0.05) is 17.2 Å². The zero-order valence-corrected chi connectivity index (χ0v) is 19.1. The third kappa shape index (κ3) is 7.13. The van der Waals surface area contributed by atoms with Crippen LogP contribution < -0.4 is 14.9 Å². The van der Waals surface area contributed by atoms with Crippen molar-refractivity contribution in [3.05, 3.63) is 97.5 Å². The molecule has 0 atom stereocenters. The van der Waals surface area contributed by atoms with Crippen molar-refractivity contribution in [2.45, 2.75) is 0 Å². The molecule has 0 fully saturated rings. The maximum absolute atomic E-state index is 12.2. The van der Waals surface area contributed by atoms with Crippen LogP contribution in [0.15, 0.2) is 76.3 Å². The SMILES string of the molecule is O=C(COc1ccc(Cl)cc1Br)N/N=C\c1cccc(OC(=O)c2ccc([N+](=O)[O-])cc2)c1. The molecule has 0 aromatic heterocycles. The molecule has 0 aliphatic heterocycles. The molecule has 1 N–H and O–H groups in total. The van der Waals surface area contributed by atoms with E-state index in [0.717, 1.165) is 0 Å². The number of carbonyl (C=O) groups excluding carboxylic acids is 2. The maximum Gasteiger partial charge on any atom is 0.343 e. The van der Waals surface area contributed by atoms with Gasteiger partial charge in [0.25, 0.3) is 11.6 Å². The summed E-state index contributed by atoms with van der Waals surface area (Å²) >= 11 is 9.15. The second kappa shape index (κ2) is 11.2. The Kier molecular flexibility index (Phi) is 8.11. The minimum absolute atomic E-state index is 0.127. The van der Waals surface area contributed by atoms with Crippen LogP contribution in [-0.4, -0.2) is 29.6 Å². The van der Waals surface area contributed by atoms with Crippen LogP contribution in [0.3, 0.4) is 0 Å². The van der Waals surface area contributed by atoms with Crippen molar-refractivity contribution in [3.8, 4) is 11.5 Å². The van der Waals surface area contributed by atoms with Gasteiger partial charge in [0.1, 0.15) is 11.5 Å². The summed E-state index contributed by atoms with van der Waals surface area (Å²) in [6.07, 6.45) is 1.37. The van der Waals surface area contributed by atoms with Crippen molar-refractivity contribution < 1.29 is 24.0 Å². The Balaban J connectivity index is 1.53. The molecule has 0 aliphatic rings. The molecule has 0 saturated carbocycles. The van der Waals surface area contributed by atoms with Crippen molar-refractivity contribution in [1.29, 1.82) is 0 Å². The average molecular weight is 533 g/mol. The lowest BCUT2D eigenvalue weighted by Gasteiger charge is -2.07. The van der Waals surface area contributed by atoms with Gasteiger partial charge >= 0.3 is 5.97 Å². The number of nitrogens with one attached hydrogen (secondary N) is 1. The first-order valence-electron chi connectivity index (χ1n) is 9.28. The van der Waals surface area contributed by atoms with E-state index in [9.17, 15) is 19.7 Å². The molecule has 3 rings (SSSR count). The standard InChI is InChI=1S/C22H15BrClN3O6/c23-19-11-16(24)6-9-20(19)32-13-21(28)26-25-12-14-2-1-3-18(10-14)33-22(29)15-4-7-17(8-5-15)27(30)31/h1-12H,13H2,(H,26,28)/b25-12-. The van der Waals surface area contributed by atoms with Crippen molar-refractivity contribution in [2.24, 2.45) is 5.10 Å². The van der Waals surface area contributed by atoms with Gasteiger partial charge in [-0.1, -0.05) is 23.7 Å². The van der Waals surface area contributed by atoms with Crippen LogP contribution in [0.5, 0.6) is 11.5 Å². The minimum atomic E-state index is -0.669. The van der Waals surface area contributed by atoms with E-state index in [0.29, 0.717) is 20.8 Å². The molecule has 33 heavy (non-hydrogen) atoms. The normalized spacial score (nSPS) is 10.6. The molecule has 168 valence electrons. The number of amides is 1. The summed E-state index contributed by atoms with van der Waals surface area (Å²) in [4.78, 5) is 34.3. The molecule has 3 aromatic rings. The van der Waals surface area contributed by atoms with Crippen LogP contribution >= 0.6 is 27.5 Å². The summed E-state index contributed by atoms with van der Waals surface area (Å²) in [7, 11) is 0. The molecular formula is C22H15BrClN3O6. The van der Waals surface area contributed by atoms with Gasteiger partial charge in [-0.15, -0.1) is 0 Å². The minimum Gasteiger partial charge on any atom is -0.483 e. The van der Waals surface area contributed by atoms with Gasteiger partial charge < -0.3 is 9.47 Å². The third-order valence-electron chi connectivity index (χ3n) is 4.04. The summed E-state index contributed by atoms with van der Waals surface area (Å²) in [6.45, 7) is -0.259. The number of carbonyl (C=O) groups is 2. The smallest absolute Gasteiger partial charge is 0.343 e. The second-order valence-corrected chi connectivity index (χ2v) is 7.71. The Morgan fingerprint density at radius 2 is 1.88 bits per heavy atom. The molecule has 0 spiro atoms. The molecule has 1 amide bonds. The number of nitrogens with zero attached hydrogens (tertiary/aromatic N) is 2. The number of non-ortho nitro benzene ring substituents is 1. The monoisotopic (exact) mass is 531 g/mol. The number of hydrazone groups is 1. The first-order chi connectivity index (χ1) is 15.8. The molecule has 0 saturated heterocycles. The van der Waals surface area contributed by atoms with Gasteiger partial charge in [-0.3, -0.25) is 14.9 Å². The summed E-state index contributed by atoms with van der Waals surface area (Å²) in [6, 6.07) is 16.4. The first kappa shape index (κ1) is 23.9. The Hall–Kier alpha value is -3.76. The van der Waals surface area contributed by atoms with E-state index in [-0.39, 0.29) is 23.6 Å². The van der Waals surface area contributed by atoms with Crippen LogP contribution in [0.2, 0.25) is 5.02 Å². The van der Waals surface area contributed by atoms with Gasteiger partial charge in [0.05, 0.1) is 21.2 Å². The number of ether oxygens (including phenoxy) is 2. The molecule has 0 aliphatic carbocycles. The largest absolute Gasteiger partial charge is 0.483 e.